The molecule has 0 saturated carbocycles. The van der Waals surface area contributed by atoms with E-state index in [0.717, 1.165) is 23.1 Å². The lowest BCUT2D eigenvalue weighted by atomic mass is 9.85. The highest BCUT2D eigenvalue weighted by atomic mass is 35.5. The van der Waals surface area contributed by atoms with Crippen molar-refractivity contribution >= 4 is 34.2 Å². The average molecular weight is 590 g/mol. The minimum Gasteiger partial charge on any atom is -0.507 e. The molecule has 2 N–H and O–H groups in total. The Labute approximate surface area is 247 Å². The van der Waals surface area contributed by atoms with E-state index in [4.69, 9.17) is 20.8 Å². The van der Waals surface area contributed by atoms with Crippen LogP contribution in [-0.2, 0) is 9.53 Å². The fourth-order valence-electron chi connectivity index (χ4n) is 6.07. The molecule has 0 spiro atoms. The molecule has 218 valence electrons. The van der Waals surface area contributed by atoms with E-state index in [9.17, 15) is 19.8 Å². The van der Waals surface area contributed by atoms with E-state index in [2.05, 4.69) is 14.8 Å². The lowest BCUT2D eigenvalue weighted by Crippen LogP contribution is -2.53. The van der Waals surface area contributed by atoms with E-state index in [0.29, 0.717) is 48.7 Å². The summed E-state index contributed by atoms with van der Waals surface area (Å²) in [6.45, 7) is 6.09. The number of carbonyl (C=O) groups excluding carboxylic acids is 1. The number of hydrogen-bond donors (Lipinski definition) is 2. The van der Waals surface area contributed by atoms with Crippen molar-refractivity contribution in [3.63, 3.8) is 0 Å². The van der Waals surface area contributed by atoms with E-state index in [-0.39, 0.29) is 40.1 Å². The zero-order valence-corrected chi connectivity index (χ0v) is 24.4. The number of pyridine rings is 1. The van der Waals surface area contributed by atoms with Crippen LogP contribution >= 0.6 is 11.6 Å². The number of hydrogen-bond acceptors (Lipinski definition) is 9. The highest BCUT2D eigenvalue weighted by molar-refractivity contribution is 6.33. The fraction of sp³-hybridized carbons (Fsp3) is 0.344. The van der Waals surface area contributed by atoms with Crippen LogP contribution in [0.15, 0.2) is 57.7 Å². The first kappa shape index (κ1) is 28.1. The van der Waals surface area contributed by atoms with Crippen LogP contribution in [0.4, 0.5) is 5.69 Å². The molecule has 0 radical (unpaired) electrons. The number of aryl methyl sites for hydroxylation is 2. The number of esters is 1. The van der Waals surface area contributed by atoms with Crippen LogP contribution in [0.3, 0.4) is 0 Å². The number of likely N-dealkylation sites (tertiary alicyclic amines) is 1. The van der Waals surface area contributed by atoms with Crippen molar-refractivity contribution < 1.29 is 24.2 Å². The summed E-state index contributed by atoms with van der Waals surface area (Å²) >= 11 is 6.39. The summed E-state index contributed by atoms with van der Waals surface area (Å²) in [5, 5.41) is 22.1. The second-order valence-corrected chi connectivity index (χ2v) is 11.7. The first-order valence-electron chi connectivity index (χ1n) is 14.0. The Hall–Kier alpha value is -4.08. The molecular formula is C32H32ClN3O6. The first-order chi connectivity index (χ1) is 20.1. The number of aromatic nitrogens is 1. The predicted molar refractivity (Wildman–Crippen MR) is 160 cm³/mol. The number of ether oxygens (including phenoxy) is 1. The van der Waals surface area contributed by atoms with Crippen molar-refractivity contribution in [1.29, 1.82) is 0 Å². The number of benzene rings is 2. The molecule has 2 atom stereocenters. The second-order valence-electron chi connectivity index (χ2n) is 11.3. The number of carbonyl (C=O) groups is 1. The summed E-state index contributed by atoms with van der Waals surface area (Å²) in [6, 6.07) is 13.4. The van der Waals surface area contributed by atoms with Gasteiger partial charge in [-0.15, -0.1) is 0 Å². The molecule has 0 amide bonds. The van der Waals surface area contributed by atoms with Gasteiger partial charge >= 0.3 is 5.97 Å². The summed E-state index contributed by atoms with van der Waals surface area (Å²) in [6.07, 6.45) is -0.0718. The predicted octanol–water partition coefficient (Wildman–Crippen LogP) is 5.00. The number of nitrogens with zero attached hydrogens (tertiary/aromatic N) is 3. The largest absolute Gasteiger partial charge is 0.507 e. The standard InChI is InChI=1S/C32H32ClN3O6/c1-17-10-20(11-18(2)34-17)36-14-19(15-36)32(40)42-28-16-35(3)9-8-22(28)29-24(37)12-25(38)30-26(39)13-27(41-31(29)30)21-6-4-5-7-23(21)33/h4-7,10-13,19,22,28,37-38H,8-9,14-16H2,1-3H3/t22-,28+/m0/s1. The number of phenolic OH excluding ortho intramolecular Hbond substituents is 2. The summed E-state index contributed by atoms with van der Waals surface area (Å²) in [5.74, 6) is -1.47. The number of anilines is 1. The normalized spacial score (nSPS) is 19.6. The summed E-state index contributed by atoms with van der Waals surface area (Å²) in [5.41, 5.74) is 3.31. The van der Waals surface area contributed by atoms with E-state index < -0.39 is 17.5 Å². The molecule has 2 saturated heterocycles. The van der Waals surface area contributed by atoms with Gasteiger partial charge in [0.15, 0.2) is 5.43 Å². The fourth-order valence-corrected chi connectivity index (χ4v) is 6.30. The molecule has 4 aromatic rings. The van der Waals surface area contributed by atoms with Crippen molar-refractivity contribution in [1.82, 2.24) is 9.88 Å². The number of aromatic hydroxyl groups is 2. The third-order valence-corrected chi connectivity index (χ3v) is 8.51. The lowest BCUT2D eigenvalue weighted by Gasteiger charge is -2.42. The Bertz CT molecular complexity index is 1730. The van der Waals surface area contributed by atoms with Crippen molar-refractivity contribution in [3.8, 4) is 22.8 Å². The molecule has 9 nitrogen and oxygen atoms in total. The zero-order chi connectivity index (χ0) is 29.7. The maximum absolute atomic E-state index is 13.4. The second kappa shape index (κ2) is 11.0. The Morgan fingerprint density at radius 1 is 1.05 bits per heavy atom. The molecule has 6 rings (SSSR count). The third kappa shape index (κ3) is 5.18. The van der Waals surface area contributed by atoms with E-state index in [1.165, 1.54) is 6.07 Å². The maximum atomic E-state index is 13.4. The van der Waals surface area contributed by atoms with Crippen molar-refractivity contribution in [2.24, 2.45) is 5.92 Å². The van der Waals surface area contributed by atoms with Gasteiger partial charge in [0.25, 0.3) is 0 Å². The van der Waals surface area contributed by atoms with Gasteiger partial charge in [0, 0.05) is 65.9 Å². The molecule has 2 aliphatic heterocycles. The summed E-state index contributed by atoms with van der Waals surface area (Å²) in [7, 11) is 1.95. The summed E-state index contributed by atoms with van der Waals surface area (Å²) < 4.78 is 12.4. The van der Waals surface area contributed by atoms with Gasteiger partial charge < -0.3 is 29.2 Å². The molecule has 42 heavy (non-hydrogen) atoms. The van der Waals surface area contributed by atoms with Gasteiger partial charge in [-0.05, 0) is 58.1 Å². The minimum absolute atomic E-state index is 0.0415. The molecule has 10 heteroatoms. The first-order valence-corrected chi connectivity index (χ1v) is 14.3. The van der Waals surface area contributed by atoms with Gasteiger partial charge in [-0.1, -0.05) is 23.7 Å². The lowest BCUT2D eigenvalue weighted by molar-refractivity contribution is -0.158. The molecule has 0 aliphatic carbocycles. The van der Waals surface area contributed by atoms with Crippen LogP contribution in [0, 0.1) is 19.8 Å². The monoisotopic (exact) mass is 589 g/mol. The Morgan fingerprint density at radius 3 is 2.48 bits per heavy atom. The smallest absolute Gasteiger partial charge is 0.312 e. The van der Waals surface area contributed by atoms with Gasteiger partial charge in [0.2, 0.25) is 0 Å². The van der Waals surface area contributed by atoms with Crippen LogP contribution in [0.2, 0.25) is 5.02 Å². The third-order valence-electron chi connectivity index (χ3n) is 8.18. The minimum atomic E-state index is -0.608. The molecule has 2 fully saturated rings. The topological polar surface area (TPSA) is 116 Å². The number of rotatable bonds is 5. The van der Waals surface area contributed by atoms with Gasteiger partial charge in [0.1, 0.15) is 34.3 Å². The van der Waals surface area contributed by atoms with Crippen LogP contribution in [0.5, 0.6) is 11.5 Å². The average Bonchev–Trinajstić information content (AvgIpc) is 2.88. The van der Waals surface area contributed by atoms with Crippen LogP contribution < -0.4 is 10.3 Å². The number of fused-ring (bicyclic) bond motifs is 1. The SMILES string of the molecule is Cc1cc(N2CC(C(=O)O[C@@H]3CN(C)CC[C@@H]3c3c(O)cc(O)c4c(=O)cc(-c5ccccc5Cl)oc34)C2)cc(C)n1. The molecule has 0 bridgehead atoms. The highest BCUT2D eigenvalue weighted by Gasteiger charge is 2.40. The Morgan fingerprint density at radius 2 is 1.76 bits per heavy atom. The number of halogens is 1. The van der Waals surface area contributed by atoms with Crippen LogP contribution in [0.1, 0.15) is 29.3 Å². The van der Waals surface area contributed by atoms with E-state index >= 15 is 0 Å². The van der Waals surface area contributed by atoms with Crippen molar-refractivity contribution in [2.45, 2.75) is 32.3 Å². The molecule has 4 heterocycles. The number of phenols is 2. The Balaban J connectivity index is 1.32. The Kier molecular flexibility index (Phi) is 7.32. The van der Waals surface area contributed by atoms with Gasteiger partial charge in [-0.2, -0.15) is 0 Å². The van der Waals surface area contributed by atoms with Crippen LogP contribution in [0.25, 0.3) is 22.3 Å². The summed E-state index contributed by atoms with van der Waals surface area (Å²) in [4.78, 5) is 35.2. The molecule has 0 unspecified atom stereocenters. The van der Waals surface area contributed by atoms with Gasteiger partial charge in [-0.25, -0.2) is 0 Å². The van der Waals surface area contributed by atoms with Crippen molar-refractivity contribution in [3.05, 3.63) is 80.7 Å². The van der Waals surface area contributed by atoms with E-state index in [1.54, 1.807) is 24.3 Å². The van der Waals surface area contributed by atoms with Gasteiger partial charge in [0.05, 0.1) is 10.9 Å². The molecule has 2 aliphatic rings. The molecule has 2 aromatic heterocycles. The van der Waals surface area contributed by atoms with Gasteiger partial charge in [-0.3, -0.25) is 14.6 Å². The van der Waals surface area contributed by atoms with Crippen molar-refractivity contribution in [2.75, 3.05) is 38.1 Å². The van der Waals surface area contributed by atoms with E-state index in [1.807, 2.05) is 33.0 Å². The number of piperidine rings is 1. The van der Waals surface area contributed by atoms with Crippen LogP contribution in [-0.4, -0.2) is 65.4 Å². The highest BCUT2D eigenvalue weighted by Crippen LogP contribution is 2.44. The maximum Gasteiger partial charge on any atom is 0.312 e. The zero-order valence-electron chi connectivity index (χ0n) is 23.6. The molecular weight excluding hydrogens is 558 g/mol. The quantitative estimate of drug-likeness (QED) is 0.310. The number of likely N-dealkylation sites (N-methyl/N-ethyl adjacent to an activating group) is 1. The molecule has 2 aromatic carbocycles.